The van der Waals surface area contributed by atoms with Crippen molar-refractivity contribution in [3.63, 3.8) is 0 Å². The van der Waals surface area contributed by atoms with Crippen LogP contribution in [-0.2, 0) is 4.79 Å². The summed E-state index contributed by atoms with van der Waals surface area (Å²) in [5.74, 6) is 0.0975. The Morgan fingerprint density at radius 2 is 2.09 bits per heavy atom. The van der Waals surface area contributed by atoms with Gasteiger partial charge in [-0.3, -0.25) is 4.79 Å². The molecule has 0 saturated heterocycles. The monoisotopic (exact) mass is 174 g/mol. The van der Waals surface area contributed by atoms with Crippen LogP contribution in [0.3, 0.4) is 0 Å². The Kier molecular flexibility index (Phi) is 4.77. The molecule has 1 amide bonds. The topological polar surface area (TPSA) is 46.3 Å². The average molecular weight is 174 g/mol. The third kappa shape index (κ3) is 3.93. The van der Waals surface area contributed by atoms with E-state index in [1.807, 2.05) is 13.8 Å². The second-order valence-electron chi connectivity index (χ2n) is 2.23. The van der Waals surface area contributed by atoms with Crippen molar-refractivity contribution >= 4 is 23.1 Å². The van der Waals surface area contributed by atoms with Gasteiger partial charge in [0, 0.05) is 13.0 Å². The van der Waals surface area contributed by atoms with Crippen molar-refractivity contribution in [2.75, 3.05) is 13.1 Å². The molecular formula is C7H14N2OS. The van der Waals surface area contributed by atoms with Crippen molar-refractivity contribution in [1.29, 1.82) is 0 Å². The van der Waals surface area contributed by atoms with Gasteiger partial charge in [0.1, 0.15) is 0 Å². The van der Waals surface area contributed by atoms with Gasteiger partial charge in [-0.2, -0.15) is 0 Å². The fraction of sp³-hybridized carbons (Fsp3) is 0.714. The van der Waals surface area contributed by atoms with E-state index < -0.39 is 0 Å². The molecule has 0 fully saturated rings. The maximum Gasteiger partial charge on any atom is 0.222 e. The van der Waals surface area contributed by atoms with Gasteiger partial charge in [0.25, 0.3) is 0 Å². The number of carbonyl (C=O) groups is 1. The number of carbonyl (C=O) groups excluding carboxylic acids is 1. The molecule has 0 aliphatic rings. The van der Waals surface area contributed by atoms with Crippen LogP contribution < -0.4 is 5.73 Å². The SMILES string of the molecule is CCC(=O)N(CC)CC(N)=S. The number of nitrogens with zero attached hydrogens (tertiary/aromatic N) is 1. The van der Waals surface area contributed by atoms with Crippen molar-refractivity contribution in [3.8, 4) is 0 Å². The lowest BCUT2D eigenvalue weighted by Crippen LogP contribution is -2.37. The first-order valence-electron chi connectivity index (χ1n) is 3.67. The van der Waals surface area contributed by atoms with Crippen LogP contribution in [0.25, 0.3) is 0 Å². The summed E-state index contributed by atoms with van der Waals surface area (Å²) in [6.45, 7) is 4.80. The van der Waals surface area contributed by atoms with Gasteiger partial charge in [-0.25, -0.2) is 0 Å². The molecule has 2 N–H and O–H groups in total. The van der Waals surface area contributed by atoms with Crippen LogP contribution in [0.15, 0.2) is 0 Å². The highest BCUT2D eigenvalue weighted by atomic mass is 32.1. The summed E-state index contributed by atoms with van der Waals surface area (Å²) in [6, 6.07) is 0. The van der Waals surface area contributed by atoms with E-state index in [-0.39, 0.29) is 5.91 Å². The van der Waals surface area contributed by atoms with Gasteiger partial charge in [0.05, 0.1) is 11.5 Å². The first-order valence-corrected chi connectivity index (χ1v) is 4.08. The number of rotatable bonds is 4. The van der Waals surface area contributed by atoms with E-state index in [9.17, 15) is 4.79 Å². The van der Waals surface area contributed by atoms with Gasteiger partial charge in [0.2, 0.25) is 5.91 Å². The minimum atomic E-state index is 0.0975. The van der Waals surface area contributed by atoms with Crippen LogP contribution in [0.4, 0.5) is 0 Å². The van der Waals surface area contributed by atoms with Crippen molar-refractivity contribution in [2.45, 2.75) is 20.3 Å². The molecule has 3 nitrogen and oxygen atoms in total. The maximum absolute atomic E-state index is 11.1. The van der Waals surface area contributed by atoms with Crippen LogP contribution in [0, 0.1) is 0 Å². The smallest absolute Gasteiger partial charge is 0.222 e. The lowest BCUT2D eigenvalue weighted by molar-refractivity contribution is -0.129. The molecule has 0 aliphatic carbocycles. The standard InChI is InChI=1S/C7H14N2OS/c1-3-7(10)9(4-2)5-6(8)11/h3-5H2,1-2H3,(H2,8,11). The van der Waals surface area contributed by atoms with Crippen LogP contribution in [0.5, 0.6) is 0 Å². The fourth-order valence-electron chi connectivity index (χ4n) is 0.788. The highest BCUT2D eigenvalue weighted by Crippen LogP contribution is 1.92. The van der Waals surface area contributed by atoms with Crippen molar-refractivity contribution in [1.82, 2.24) is 4.90 Å². The van der Waals surface area contributed by atoms with Crippen LogP contribution in [0.2, 0.25) is 0 Å². The molecule has 0 aromatic heterocycles. The summed E-state index contributed by atoms with van der Waals surface area (Å²) in [7, 11) is 0. The van der Waals surface area contributed by atoms with E-state index in [1.165, 1.54) is 0 Å². The van der Waals surface area contributed by atoms with E-state index in [1.54, 1.807) is 4.90 Å². The molecule has 0 radical (unpaired) electrons. The molecule has 0 spiro atoms. The van der Waals surface area contributed by atoms with Crippen molar-refractivity contribution in [2.24, 2.45) is 5.73 Å². The number of nitrogens with two attached hydrogens (primary N) is 1. The molecule has 0 unspecified atom stereocenters. The lowest BCUT2D eigenvalue weighted by atomic mass is 10.4. The predicted molar refractivity (Wildman–Crippen MR) is 49.3 cm³/mol. The van der Waals surface area contributed by atoms with Crippen LogP contribution in [0.1, 0.15) is 20.3 Å². The van der Waals surface area contributed by atoms with E-state index in [4.69, 9.17) is 5.73 Å². The van der Waals surface area contributed by atoms with E-state index >= 15 is 0 Å². The maximum atomic E-state index is 11.1. The number of amides is 1. The minimum Gasteiger partial charge on any atom is -0.392 e. The summed E-state index contributed by atoms with van der Waals surface area (Å²) in [6.07, 6.45) is 0.510. The molecule has 0 aromatic carbocycles. The van der Waals surface area contributed by atoms with Gasteiger partial charge in [0.15, 0.2) is 0 Å². The molecule has 4 heteroatoms. The summed E-state index contributed by atoms with van der Waals surface area (Å²) in [5, 5.41) is 0. The zero-order valence-electron chi connectivity index (χ0n) is 6.96. The Morgan fingerprint density at radius 1 is 1.55 bits per heavy atom. The first-order chi connectivity index (χ1) is 5.11. The van der Waals surface area contributed by atoms with Crippen molar-refractivity contribution < 1.29 is 4.79 Å². The van der Waals surface area contributed by atoms with E-state index in [0.29, 0.717) is 24.5 Å². The lowest BCUT2D eigenvalue weighted by Gasteiger charge is -2.18. The highest BCUT2D eigenvalue weighted by Gasteiger charge is 2.08. The normalized spacial score (nSPS) is 9.27. The summed E-state index contributed by atoms with van der Waals surface area (Å²) in [4.78, 5) is 13.1. The van der Waals surface area contributed by atoms with Gasteiger partial charge < -0.3 is 10.6 Å². The Bertz CT molecular complexity index is 159. The van der Waals surface area contributed by atoms with E-state index in [0.717, 1.165) is 0 Å². The zero-order chi connectivity index (χ0) is 8.85. The molecule has 11 heavy (non-hydrogen) atoms. The molecular weight excluding hydrogens is 160 g/mol. The predicted octanol–water partition coefficient (Wildman–Crippen LogP) is 0.531. The Hall–Kier alpha value is -0.640. The fourth-order valence-corrected chi connectivity index (χ4v) is 0.944. The van der Waals surface area contributed by atoms with Gasteiger partial charge in [-0.05, 0) is 6.92 Å². The highest BCUT2D eigenvalue weighted by molar-refractivity contribution is 7.80. The number of likely N-dealkylation sites (N-methyl/N-ethyl adjacent to an activating group) is 1. The minimum absolute atomic E-state index is 0.0975. The third-order valence-electron chi connectivity index (χ3n) is 1.38. The summed E-state index contributed by atoms with van der Waals surface area (Å²) in [5.41, 5.74) is 5.30. The molecule has 0 bridgehead atoms. The first kappa shape index (κ1) is 10.4. The molecule has 64 valence electrons. The molecule has 0 rings (SSSR count). The van der Waals surface area contributed by atoms with Crippen LogP contribution in [-0.4, -0.2) is 28.9 Å². The van der Waals surface area contributed by atoms with Gasteiger partial charge in [-0.1, -0.05) is 19.1 Å². The van der Waals surface area contributed by atoms with Gasteiger partial charge in [-0.15, -0.1) is 0 Å². The van der Waals surface area contributed by atoms with Crippen LogP contribution >= 0.6 is 12.2 Å². The molecule has 0 atom stereocenters. The quantitative estimate of drug-likeness (QED) is 0.632. The number of hydrogen-bond donors (Lipinski definition) is 1. The summed E-state index contributed by atoms with van der Waals surface area (Å²) >= 11 is 4.69. The molecule has 0 heterocycles. The number of thiocarbonyl (C=S) groups is 1. The number of hydrogen-bond acceptors (Lipinski definition) is 2. The second kappa shape index (κ2) is 5.07. The Morgan fingerprint density at radius 3 is 2.36 bits per heavy atom. The van der Waals surface area contributed by atoms with E-state index in [2.05, 4.69) is 12.2 Å². The average Bonchev–Trinajstić information content (AvgIpc) is 1.98. The Labute approximate surface area is 72.5 Å². The zero-order valence-corrected chi connectivity index (χ0v) is 7.78. The third-order valence-corrected chi connectivity index (χ3v) is 1.51. The molecule has 0 aromatic rings. The van der Waals surface area contributed by atoms with Gasteiger partial charge >= 0.3 is 0 Å². The molecule has 0 aliphatic heterocycles. The largest absolute Gasteiger partial charge is 0.392 e. The molecule has 0 saturated carbocycles. The second-order valence-corrected chi connectivity index (χ2v) is 2.75. The summed E-state index contributed by atoms with van der Waals surface area (Å²) < 4.78 is 0. The Balaban J connectivity index is 3.94. The van der Waals surface area contributed by atoms with Crippen molar-refractivity contribution in [3.05, 3.63) is 0 Å².